The number of aryl methyl sites for hydroxylation is 4. The predicted octanol–water partition coefficient (Wildman–Crippen LogP) is 3.76. The van der Waals surface area contributed by atoms with Crippen molar-refractivity contribution in [1.82, 2.24) is 10.3 Å². The summed E-state index contributed by atoms with van der Waals surface area (Å²) in [6.45, 7) is 11.3. The van der Waals surface area contributed by atoms with E-state index in [0.717, 1.165) is 18.2 Å². The van der Waals surface area contributed by atoms with Crippen molar-refractivity contribution in [2.24, 2.45) is 0 Å². The fourth-order valence-electron chi connectivity index (χ4n) is 2.40. The molecule has 0 aliphatic carbocycles. The smallest absolute Gasteiger partial charge is 0.211 e. The van der Waals surface area contributed by atoms with Gasteiger partial charge in [-0.25, -0.2) is 4.98 Å². The number of hydrogen-bond acceptors (Lipinski definition) is 3. The molecule has 1 aromatic carbocycles. The van der Waals surface area contributed by atoms with Crippen LogP contribution in [0.2, 0.25) is 0 Å². The molecule has 1 atom stereocenters. The lowest BCUT2D eigenvalue weighted by Gasteiger charge is -2.15. The molecule has 0 aliphatic heterocycles. The maximum atomic E-state index is 5.54. The summed E-state index contributed by atoms with van der Waals surface area (Å²) >= 11 is 0. The molecule has 1 aromatic heterocycles. The van der Waals surface area contributed by atoms with Crippen LogP contribution in [0.3, 0.4) is 0 Å². The van der Waals surface area contributed by atoms with Gasteiger partial charge in [0.15, 0.2) is 0 Å². The molecule has 3 heteroatoms. The fourth-order valence-corrected chi connectivity index (χ4v) is 2.40. The van der Waals surface area contributed by atoms with Crippen LogP contribution in [-0.2, 0) is 6.54 Å². The second-order valence-corrected chi connectivity index (χ2v) is 5.29. The van der Waals surface area contributed by atoms with E-state index in [2.05, 4.69) is 50.1 Å². The SMILES string of the molecule is Cc1cc(C)c(CNC(C)c2ncc(C)o2)c(C)c1. The highest BCUT2D eigenvalue weighted by Crippen LogP contribution is 2.18. The number of rotatable bonds is 4. The molecule has 2 rings (SSSR count). The van der Waals surface area contributed by atoms with Gasteiger partial charge in [-0.2, -0.15) is 0 Å². The van der Waals surface area contributed by atoms with Crippen molar-refractivity contribution in [3.8, 4) is 0 Å². The standard InChI is InChI=1S/C16H22N2O/c1-10-6-11(2)15(12(3)7-10)9-17-14(5)16-18-8-13(4)19-16/h6-8,14,17H,9H2,1-5H3. The molecular weight excluding hydrogens is 236 g/mol. The van der Waals surface area contributed by atoms with E-state index in [1.54, 1.807) is 6.20 Å². The normalized spacial score (nSPS) is 12.7. The van der Waals surface area contributed by atoms with Crippen LogP contribution in [0.15, 0.2) is 22.7 Å². The van der Waals surface area contributed by atoms with E-state index < -0.39 is 0 Å². The Balaban J connectivity index is 2.07. The zero-order valence-corrected chi connectivity index (χ0v) is 12.4. The second kappa shape index (κ2) is 5.57. The largest absolute Gasteiger partial charge is 0.444 e. The Morgan fingerprint density at radius 1 is 1.16 bits per heavy atom. The molecule has 0 radical (unpaired) electrons. The van der Waals surface area contributed by atoms with Crippen molar-refractivity contribution in [1.29, 1.82) is 0 Å². The first-order chi connectivity index (χ1) is 8.97. The number of hydrogen-bond donors (Lipinski definition) is 1. The molecule has 1 heterocycles. The van der Waals surface area contributed by atoms with Crippen molar-refractivity contribution >= 4 is 0 Å². The minimum absolute atomic E-state index is 0.119. The Labute approximate surface area is 115 Å². The highest BCUT2D eigenvalue weighted by molar-refractivity contribution is 5.37. The molecular formula is C16H22N2O. The van der Waals surface area contributed by atoms with E-state index in [9.17, 15) is 0 Å². The molecule has 0 aliphatic rings. The lowest BCUT2D eigenvalue weighted by atomic mass is 9.99. The molecule has 102 valence electrons. The molecule has 19 heavy (non-hydrogen) atoms. The Hall–Kier alpha value is -1.61. The molecule has 2 aromatic rings. The van der Waals surface area contributed by atoms with Crippen molar-refractivity contribution < 1.29 is 4.42 Å². The lowest BCUT2D eigenvalue weighted by molar-refractivity contribution is 0.402. The van der Waals surface area contributed by atoms with Crippen LogP contribution >= 0.6 is 0 Å². The number of oxazole rings is 1. The minimum Gasteiger partial charge on any atom is -0.444 e. The highest BCUT2D eigenvalue weighted by Gasteiger charge is 2.12. The molecule has 0 spiro atoms. The zero-order chi connectivity index (χ0) is 14.0. The van der Waals surface area contributed by atoms with Crippen molar-refractivity contribution in [3.63, 3.8) is 0 Å². The van der Waals surface area contributed by atoms with Crippen molar-refractivity contribution in [3.05, 3.63) is 52.2 Å². The third-order valence-corrected chi connectivity index (χ3v) is 3.43. The minimum atomic E-state index is 0.119. The Morgan fingerprint density at radius 3 is 2.32 bits per heavy atom. The van der Waals surface area contributed by atoms with Gasteiger partial charge in [0, 0.05) is 6.54 Å². The van der Waals surface area contributed by atoms with Crippen molar-refractivity contribution in [2.75, 3.05) is 0 Å². The van der Waals surface area contributed by atoms with E-state index >= 15 is 0 Å². The molecule has 3 nitrogen and oxygen atoms in total. The first-order valence-corrected chi connectivity index (χ1v) is 6.70. The van der Waals surface area contributed by atoms with Crippen LogP contribution in [0.1, 0.15) is 46.9 Å². The van der Waals surface area contributed by atoms with Gasteiger partial charge in [-0.1, -0.05) is 17.7 Å². The van der Waals surface area contributed by atoms with E-state index in [1.807, 2.05) is 6.92 Å². The van der Waals surface area contributed by atoms with Gasteiger partial charge in [0.2, 0.25) is 5.89 Å². The van der Waals surface area contributed by atoms with Crippen LogP contribution in [0.25, 0.3) is 0 Å². The molecule has 0 saturated carbocycles. The summed E-state index contributed by atoms with van der Waals surface area (Å²) in [5, 5.41) is 3.47. The van der Waals surface area contributed by atoms with Gasteiger partial charge in [0.1, 0.15) is 5.76 Å². The number of aromatic nitrogens is 1. The maximum absolute atomic E-state index is 5.54. The Morgan fingerprint density at radius 2 is 1.79 bits per heavy atom. The Kier molecular flexibility index (Phi) is 4.05. The molecule has 1 unspecified atom stereocenters. The van der Waals surface area contributed by atoms with E-state index in [0.29, 0.717) is 0 Å². The maximum Gasteiger partial charge on any atom is 0.211 e. The van der Waals surface area contributed by atoms with Gasteiger partial charge < -0.3 is 9.73 Å². The van der Waals surface area contributed by atoms with Gasteiger partial charge in [0.25, 0.3) is 0 Å². The van der Waals surface area contributed by atoms with Crippen LogP contribution in [0, 0.1) is 27.7 Å². The third kappa shape index (κ3) is 3.24. The fraction of sp³-hybridized carbons (Fsp3) is 0.438. The summed E-state index contributed by atoms with van der Waals surface area (Å²) < 4.78 is 5.54. The van der Waals surface area contributed by atoms with Gasteiger partial charge in [-0.15, -0.1) is 0 Å². The van der Waals surface area contributed by atoms with Gasteiger partial charge in [-0.05, 0) is 51.3 Å². The van der Waals surface area contributed by atoms with Crippen LogP contribution < -0.4 is 5.32 Å². The summed E-state index contributed by atoms with van der Waals surface area (Å²) in [6.07, 6.45) is 1.76. The summed E-state index contributed by atoms with van der Waals surface area (Å²) in [5.41, 5.74) is 5.34. The summed E-state index contributed by atoms with van der Waals surface area (Å²) in [6, 6.07) is 4.57. The summed E-state index contributed by atoms with van der Waals surface area (Å²) in [7, 11) is 0. The highest BCUT2D eigenvalue weighted by atomic mass is 16.4. The van der Waals surface area contributed by atoms with Crippen molar-refractivity contribution in [2.45, 2.75) is 47.2 Å². The van der Waals surface area contributed by atoms with Crippen LogP contribution in [0.5, 0.6) is 0 Å². The molecule has 1 N–H and O–H groups in total. The summed E-state index contributed by atoms with van der Waals surface area (Å²) in [4.78, 5) is 4.26. The average molecular weight is 258 g/mol. The van der Waals surface area contributed by atoms with Gasteiger partial charge in [-0.3, -0.25) is 0 Å². The predicted molar refractivity (Wildman–Crippen MR) is 77.1 cm³/mol. The topological polar surface area (TPSA) is 38.1 Å². The van der Waals surface area contributed by atoms with E-state index in [1.165, 1.54) is 22.3 Å². The Bertz CT molecular complexity index is 549. The van der Waals surface area contributed by atoms with Crippen LogP contribution in [0.4, 0.5) is 0 Å². The monoisotopic (exact) mass is 258 g/mol. The first kappa shape index (κ1) is 13.8. The molecule has 0 saturated heterocycles. The number of benzene rings is 1. The number of nitrogens with one attached hydrogen (secondary N) is 1. The van der Waals surface area contributed by atoms with E-state index in [-0.39, 0.29) is 6.04 Å². The quantitative estimate of drug-likeness (QED) is 0.907. The third-order valence-electron chi connectivity index (χ3n) is 3.43. The van der Waals surface area contributed by atoms with Gasteiger partial charge >= 0.3 is 0 Å². The average Bonchev–Trinajstić information content (AvgIpc) is 2.74. The second-order valence-electron chi connectivity index (χ2n) is 5.29. The van der Waals surface area contributed by atoms with Crippen LogP contribution in [-0.4, -0.2) is 4.98 Å². The first-order valence-electron chi connectivity index (χ1n) is 6.70. The molecule has 0 bridgehead atoms. The molecule has 0 amide bonds. The summed E-state index contributed by atoms with van der Waals surface area (Å²) in [5.74, 6) is 1.60. The lowest BCUT2D eigenvalue weighted by Crippen LogP contribution is -2.19. The molecule has 0 fully saturated rings. The van der Waals surface area contributed by atoms with E-state index in [4.69, 9.17) is 4.42 Å². The zero-order valence-electron chi connectivity index (χ0n) is 12.4. The number of nitrogens with zero attached hydrogens (tertiary/aromatic N) is 1. The van der Waals surface area contributed by atoms with Gasteiger partial charge in [0.05, 0.1) is 12.2 Å².